The van der Waals surface area contributed by atoms with Crippen LogP contribution in [-0.4, -0.2) is 70.7 Å². The quantitative estimate of drug-likeness (QED) is 0.190. The molecule has 5 rings (SSSR count). The molecular weight excluding hydrogens is 594 g/mol. The van der Waals surface area contributed by atoms with Crippen LogP contribution in [0.5, 0.6) is 17.2 Å². The summed E-state index contributed by atoms with van der Waals surface area (Å²) in [5.41, 5.74) is 3.18. The van der Waals surface area contributed by atoms with Gasteiger partial charge in [-0.1, -0.05) is 73.7 Å². The standard InChI is InChI=1S/C38H43N3O6/c1-25-11-8-9-16-33(25)46-30-19-17-28(18-20-30)22-40(4)23-34-26(2)21-41(27(3)24-42)38(45)31-14-10-15-32(36(31)47-34)39-37(44)35(43)29-12-6-5-7-13-29/h5-20,26-27,34-35,42-43H,21-24H2,1-4H3,(H,39,44)/t26-,27+,34-,35-/m1/s1. The van der Waals surface area contributed by atoms with Crippen molar-refractivity contribution in [1.82, 2.24) is 9.80 Å². The Labute approximate surface area is 276 Å². The average Bonchev–Trinajstić information content (AvgIpc) is 3.08. The van der Waals surface area contributed by atoms with Crippen LogP contribution in [0.2, 0.25) is 0 Å². The molecule has 2 amide bonds. The lowest BCUT2D eigenvalue weighted by molar-refractivity contribution is -0.124. The van der Waals surface area contributed by atoms with Crippen LogP contribution in [0.15, 0.2) is 97.1 Å². The number of carbonyl (C=O) groups excluding carboxylic acids is 2. The molecule has 1 aliphatic rings. The fourth-order valence-corrected chi connectivity index (χ4v) is 5.69. The predicted molar refractivity (Wildman–Crippen MR) is 182 cm³/mol. The number of nitrogens with zero attached hydrogens (tertiary/aromatic N) is 2. The zero-order chi connectivity index (χ0) is 33.5. The third-order valence-electron chi connectivity index (χ3n) is 8.50. The molecule has 0 unspecified atom stereocenters. The van der Waals surface area contributed by atoms with E-state index < -0.39 is 18.1 Å². The molecular formula is C38H43N3O6. The van der Waals surface area contributed by atoms with Gasteiger partial charge in [0.25, 0.3) is 11.8 Å². The lowest BCUT2D eigenvalue weighted by Crippen LogP contribution is -2.49. The molecule has 0 fully saturated rings. The van der Waals surface area contributed by atoms with Gasteiger partial charge in [0.15, 0.2) is 11.9 Å². The van der Waals surface area contributed by atoms with Crippen LogP contribution in [0, 0.1) is 12.8 Å². The van der Waals surface area contributed by atoms with Crippen LogP contribution in [0.25, 0.3) is 0 Å². The van der Waals surface area contributed by atoms with Crippen molar-refractivity contribution in [2.24, 2.45) is 5.92 Å². The zero-order valence-corrected chi connectivity index (χ0v) is 27.3. The second-order valence-electron chi connectivity index (χ2n) is 12.3. The van der Waals surface area contributed by atoms with Gasteiger partial charge >= 0.3 is 0 Å². The highest BCUT2D eigenvalue weighted by Crippen LogP contribution is 2.36. The van der Waals surface area contributed by atoms with E-state index in [1.807, 2.05) is 76.3 Å². The van der Waals surface area contributed by atoms with Gasteiger partial charge in [0.2, 0.25) is 0 Å². The molecule has 9 heteroatoms. The molecule has 0 radical (unpaired) electrons. The molecule has 1 heterocycles. The molecule has 1 aliphatic heterocycles. The summed E-state index contributed by atoms with van der Waals surface area (Å²) in [5, 5.41) is 23.5. The molecule has 0 aliphatic carbocycles. The van der Waals surface area contributed by atoms with Crippen LogP contribution >= 0.6 is 0 Å². The van der Waals surface area contributed by atoms with Gasteiger partial charge in [-0.25, -0.2) is 0 Å². The van der Waals surface area contributed by atoms with Gasteiger partial charge in [0, 0.05) is 25.6 Å². The van der Waals surface area contributed by atoms with Crippen molar-refractivity contribution >= 4 is 17.5 Å². The van der Waals surface area contributed by atoms with Crippen LogP contribution in [0.4, 0.5) is 5.69 Å². The van der Waals surface area contributed by atoms with E-state index >= 15 is 0 Å². The molecule has 0 saturated carbocycles. The number of amides is 2. The number of likely N-dealkylation sites (N-methyl/N-ethyl adjacent to an activating group) is 1. The minimum absolute atomic E-state index is 0.118. The first-order chi connectivity index (χ1) is 22.6. The summed E-state index contributed by atoms with van der Waals surface area (Å²) in [6.45, 7) is 7.19. The maximum absolute atomic E-state index is 13.8. The number of benzene rings is 4. The van der Waals surface area contributed by atoms with Gasteiger partial charge in [-0.2, -0.15) is 0 Å². The highest BCUT2D eigenvalue weighted by Gasteiger charge is 2.35. The minimum atomic E-state index is -1.41. The maximum atomic E-state index is 13.8. The molecule has 4 atom stereocenters. The number of ether oxygens (including phenoxy) is 2. The minimum Gasteiger partial charge on any atom is -0.486 e. The summed E-state index contributed by atoms with van der Waals surface area (Å²) in [7, 11) is 2.01. The van der Waals surface area contributed by atoms with Crippen molar-refractivity contribution in [2.75, 3.05) is 32.1 Å². The molecule has 0 saturated heterocycles. The first-order valence-electron chi connectivity index (χ1n) is 15.9. The molecule has 0 bridgehead atoms. The van der Waals surface area contributed by atoms with Crippen molar-refractivity contribution in [3.63, 3.8) is 0 Å². The molecule has 246 valence electrons. The van der Waals surface area contributed by atoms with Crippen LogP contribution in [-0.2, 0) is 11.3 Å². The summed E-state index contributed by atoms with van der Waals surface area (Å²) < 4.78 is 12.7. The van der Waals surface area contributed by atoms with E-state index in [4.69, 9.17) is 9.47 Å². The van der Waals surface area contributed by atoms with Crippen molar-refractivity contribution < 1.29 is 29.3 Å². The van der Waals surface area contributed by atoms with E-state index in [2.05, 4.69) is 10.2 Å². The van der Waals surface area contributed by atoms with Gasteiger partial charge in [0.05, 0.1) is 23.9 Å². The zero-order valence-electron chi connectivity index (χ0n) is 27.3. The summed E-state index contributed by atoms with van der Waals surface area (Å²) in [6, 6.07) is 29.1. The number of fused-ring (bicyclic) bond motifs is 1. The van der Waals surface area contributed by atoms with E-state index in [1.165, 1.54) is 0 Å². The number of rotatable bonds is 11. The molecule has 3 N–H and O–H groups in total. The monoisotopic (exact) mass is 637 g/mol. The van der Waals surface area contributed by atoms with E-state index in [-0.39, 0.29) is 35.8 Å². The van der Waals surface area contributed by atoms with Crippen LogP contribution in [0.3, 0.4) is 0 Å². The summed E-state index contributed by atoms with van der Waals surface area (Å²) in [4.78, 5) is 30.8. The van der Waals surface area contributed by atoms with E-state index in [0.717, 1.165) is 22.6 Å². The first kappa shape index (κ1) is 33.7. The molecule has 4 aromatic carbocycles. The van der Waals surface area contributed by atoms with Crippen LogP contribution < -0.4 is 14.8 Å². The molecule has 0 aromatic heterocycles. The number of carbonyl (C=O) groups is 2. The topological polar surface area (TPSA) is 112 Å². The first-order valence-corrected chi connectivity index (χ1v) is 15.9. The lowest BCUT2D eigenvalue weighted by atomic mass is 9.98. The Morgan fingerprint density at radius 3 is 2.43 bits per heavy atom. The Balaban J connectivity index is 1.36. The van der Waals surface area contributed by atoms with E-state index in [1.54, 1.807) is 53.4 Å². The summed E-state index contributed by atoms with van der Waals surface area (Å²) >= 11 is 0. The number of aliphatic hydroxyl groups is 2. The predicted octanol–water partition coefficient (Wildman–Crippen LogP) is 5.81. The third-order valence-corrected chi connectivity index (χ3v) is 8.50. The largest absolute Gasteiger partial charge is 0.486 e. The van der Waals surface area contributed by atoms with Gasteiger partial charge in [0.1, 0.15) is 17.6 Å². The van der Waals surface area contributed by atoms with Crippen molar-refractivity contribution in [3.8, 4) is 17.2 Å². The number of hydrogen-bond acceptors (Lipinski definition) is 7. The van der Waals surface area contributed by atoms with Crippen molar-refractivity contribution in [2.45, 2.75) is 45.6 Å². The van der Waals surface area contributed by atoms with Gasteiger partial charge in [-0.15, -0.1) is 0 Å². The SMILES string of the molecule is Cc1ccccc1Oc1ccc(CN(C)C[C@H]2Oc3c(NC(=O)[C@H](O)c4ccccc4)cccc3C(=O)N([C@@H](C)CO)C[C@H]2C)cc1. The van der Waals surface area contributed by atoms with Crippen molar-refractivity contribution in [3.05, 3.63) is 119 Å². The number of nitrogens with one attached hydrogen (secondary N) is 1. The number of para-hydroxylation sites is 2. The third kappa shape index (κ3) is 8.18. The summed E-state index contributed by atoms with van der Waals surface area (Å²) in [6.07, 6.45) is -1.78. The number of aryl methyl sites for hydroxylation is 1. The second-order valence-corrected chi connectivity index (χ2v) is 12.3. The van der Waals surface area contributed by atoms with E-state index in [0.29, 0.717) is 30.9 Å². The number of anilines is 1. The summed E-state index contributed by atoms with van der Waals surface area (Å²) in [5.74, 6) is 0.763. The Morgan fingerprint density at radius 1 is 1.02 bits per heavy atom. The maximum Gasteiger partial charge on any atom is 0.258 e. The molecule has 0 spiro atoms. The Bertz CT molecular complexity index is 1660. The Kier molecular flexibility index (Phi) is 10.9. The highest BCUT2D eigenvalue weighted by molar-refractivity contribution is 6.02. The van der Waals surface area contributed by atoms with Gasteiger partial charge in [-0.05, 0) is 67.9 Å². The second kappa shape index (κ2) is 15.3. The molecule has 9 nitrogen and oxygen atoms in total. The highest BCUT2D eigenvalue weighted by atomic mass is 16.5. The lowest BCUT2D eigenvalue weighted by Gasteiger charge is -2.38. The fourth-order valence-electron chi connectivity index (χ4n) is 5.69. The average molecular weight is 638 g/mol. The molecule has 4 aromatic rings. The Morgan fingerprint density at radius 2 is 1.72 bits per heavy atom. The molecule has 47 heavy (non-hydrogen) atoms. The van der Waals surface area contributed by atoms with Crippen molar-refractivity contribution in [1.29, 1.82) is 0 Å². The normalized spacial score (nSPS) is 17.6. The van der Waals surface area contributed by atoms with E-state index in [9.17, 15) is 19.8 Å². The Hall–Kier alpha value is -4.70. The fraction of sp³-hybridized carbons (Fsp3) is 0.316. The van der Waals surface area contributed by atoms with Gasteiger partial charge < -0.3 is 29.9 Å². The number of aliphatic hydroxyl groups excluding tert-OH is 2. The smallest absolute Gasteiger partial charge is 0.258 e. The van der Waals surface area contributed by atoms with Gasteiger partial charge in [-0.3, -0.25) is 14.5 Å². The number of hydrogen-bond donors (Lipinski definition) is 3. The van der Waals surface area contributed by atoms with Crippen LogP contribution in [0.1, 0.15) is 47.0 Å².